The average Bonchev–Trinajstić information content (AvgIpc) is 2.65. The lowest BCUT2D eigenvalue weighted by Crippen LogP contribution is -2.61. The standard InChI is InChI=1S/C15H18N2O5/c1-14(2)15(3)11-9(6-8(20-4)7-10(11)21-5)12(18)16-17(15)13(19)22-14/h6-7H,1-5H3,(H,16,18)/t15-/m0/s1. The number of methoxy groups -OCH3 is 2. The van der Waals surface area contributed by atoms with Gasteiger partial charge in [-0.05, 0) is 26.8 Å². The van der Waals surface area contributed by atoms with E-state index in [0.717, 1.165) is 0 Å². The summed E-state index contributed by atoms with van der Waals surface area (Å²) in [5.41, 5.74) is 1.85. The smallest absolute Gasteiger partial charge is 0.430 e. The fourth-order valence-electron chi connectivity index (χ4n) is 3.10. The number of hydrogen-bond donors (Lipinski definition) is 1. The molecule has 2 aliphatic rings. The van der Waals surface area contributed by atoms with E-state index in [1.54, 1.807) is 26.0 Å². The van der Waals surface area contributed by atoms with Crippen molar-refractivity contribution in [2.24, 2.45) is 0 Å². The highest BCUT2D eigenvalue weighted by Crippen LogP contribution is 2.52. The molecule has 22 heavy (non-hydrogen) atoms. The minimum absolute atomic E-state index is 0.403. The number of ether oxygens (including phenoxy) is 3. The molecule has 0 unspecified atom stereocenters. The van der Waals surface area contributed by atoms with Crippen molar-refractivity contribution in [3.8, 4) is 11.5 Å². The van der Waals surface area contributed by atoms with E-state index >= 15 is 0 Å². The normalized spacial score (nSPS) is 25.0. The summed E-state index contributed by atoms with van der Waals surface area (Å²) in [5, 5.41) is 1.23. The maximum absolute atomic E-state index is 12.4. The molecule has 0 saturated carbocycles. The first-order valence-electron chi connectivity index (χ1n) is 6.87. The zero-order chi connectivity index (χ0) is 16.3. The third-order valence-electron chi connectivity index (χ3n) is 4.62. The first-order valence-corrected chi connectivity index (χ1v) is 6.87. The zero-order valence-electron chi connectivity index (χ0n) is 13.1. The number of amides is 2. The van der Waals surface area contributed by atoms with E-state index in [1.807, 2.05) is 6.92 Å². The number of carbonyl (C=O) groups is 2. The van der Waals surface area contributed by atoms with Crippen molar-refractivity contribution in [3.63, 3.8) is 0 Å². The molecule has 7 nitrogen and oxygen atoms in total. The first kappa shape index (κ1) is 14.5. The topological polar surface area (TPSA) is 77.1 Å². The molecule has 1 atom stereocenters. The summed E-state index contributed by atoms with van der Waals surface area (Å²) in [7, 11) is 3.03. The number of cyclic esters (lactones) is 1. The summed E-state index contributed by atoms with van der Waals surface area (Å²) in [6, 6.07) is 3.33. The van der Waals surface area contributed by atoms with Crippen LogP contribution in [0.4, 0.5) is 4.79 Å². The van der Waals surface area contributed by atoms with Gasteiger partial charge in [0, 0.05) is 11.6 Å². The molecular formula is C15H18N2O5. The summed E-state index contributed by atoms with van der Waals surface area (Å²) in [6.45, 7) is 5.44. The van der Waals surface area contributed by atoms with E-state index in [2.05, 4.69) is 5.43 Å². The zero-order valence-corrected chi connectivity index (χ0v) is 13.1. The molecule has 0 bridgehead atoms. The highest BCUT2D eigenvalue weighted by atomic mass is 16.6. The number of carbonyl (C=O) groups excluding carboxylic acids is 2. The molecule has 1 N–H and O–H groups in total. The highest BCUT2D eigenvalue weighted by molar-refractivity contribution is 6.00. The van der Waals surface area contributed by atoms with E-state index in [9.17, 15) is 9.59 Å². The van der Waals surface area contributed by atoms with Crippen LogP contribution in [0.1, 0.15) is 36.7 Å². The van der Waals surface area contributed by atoms with Gasteiger partial charge < -0.3 is 14.2 Å². The van der Waals surface area contributed by atoms with Crippen LogP contribution < -0.4 is 14.9 Å². The third-order valence-corrected chi connectivity index (χ3v) is 4.62. The Morgan fingerprint density at radius 3 is 2.41 bits per heavy atom. The molecule has 1 aromatic carbocycles. The molecule has 1 fully saturated rings. The lowest BCUT2D eigenvalue weighted by molar-refractivity contribution is 0.00610. The number of nitrogens with one attached hydrogen (secondary N) is 1. The molecule has 2 aliphatic heterocycles. The van der Waals surface area contributed by atoms with Crippen molar-refractivity contribution in [1.29, 1.82) is 0 Å². The number of nitrogens with zero attached hydrogens (tertiary/aromatic N) is 1. The lowest BCUT2D eigenvalue weighted by Gasteiger charge is -2.44. The van der Waals surface area contributed by atoms with E-state index in [1.165, 1.54) is 19.2 Å². The SMILES string of the molecule is COc1cc(OC)c2c(c1)C(=O)NN1C(=O)OC(C)(C)[C@]21C. The van der Waals surface area contributed by atoms with Gasteiger partial charge in [0.1, 0.15) is 22.6 Å². The van der Waals surface area contributed by atoms with Crippen LogP contribution in [0, 0.1) is 0 Å². The number of benzene rings is 1. The Bertz CT molecular complexity index is 685. The van der Waals surface area contributed by atoms with Crippen molar-refractivity contribution in [3.05, 3.63) is 23.3 Å². The maximum atomic E-state index is 12.4. The monoisotopic (exact) mass is 306 g/mol. The van der Waals surface area contributed by atoms with Crippen molar-refractivity contribution in [2.45, 2.75) is 31.9 Å². The van der Waals surface area contributed by atoms with Gasteiger partial charge in [0.05, 0.1) is 19.8 Å². The van der Waals surface area contributed by atoms with Crippen LogP contribution in [0.3, 0.4) is 0 Å². The Kier molecular flexibility index (Phi) is 2.82. The van der Waals surface area contributed by atoms with Crippen LogP contribution in [-0.2, 0) is 10.3 Å². The summed E-state index contributed by atoms with van der Waals surface area (Å²) in [6.07, 6.45) is -0.593. The predicted molar refractivity (Wildman–Crippen MR) is 76.8 cm³/mol. The molecule has 0 aliphatic carbocycles. The largest absolute Gasteiger partial charge is 0.497 e. The van der Waals surface area contributed by atoms with Crippen LogP contribution in [0.15, 0.2) is 12.1 Å². The van der Waals surface area contributed by atoms with Crippen molar-refractivity contribution < 1.29 is 23.8 Å². The van der Waals surface area contributed by atoms with Gasteiger partial charge in [-0.2, -0.15) is 0 Å². The van der Waals surface area contributed by atoms with E-state index in [-0.39, 0.29) is 0 Å². The van der Waals surface area contributed by atoms with Crippen molar-refractivity contribution in [2.75, 3.05) is 14.2 Å². The Hall–Kier alpha value is -2.44. The fraction of sp³-hybridized carbons (Fsp3) is 0.467. The Balaban J connectivity index is 2.35. The number of hydrogen-bond acceptors (Lipinski definition) is 5. The van der Waals surface area contributed by atoms with Gasteiger partial charge in [-0.3, -0.25) is 10.2 Å². The molecule has 118 valence electrons. The van der Waals surface area contributed by atoms with Crippen molar-refractivity contribution >= 4 is 12.0 Å². The molecule has 0 spiro atoms. The molecule has 0 aromatic heterocycles. The third kappa shape index (κ3) is 1.56. The Labute approximate surface area is 128 Å². The molecule has 2 heterocycles. The second kappa shape index (κ2) is 4.28. The molecular weight excluding hydrogens is 288 g/mol. The molecule has 1 saturated heterocycles. The van der Waals surface area contributed by atoms with Gasteiger partial charge in [0.15, 0.2) is 0 Å². The summed E-state index contributed by atoms with van der Waals surface area (Å²) < 4.78 is 16.1. The van der Waals surface area contributed by atoms with Crippen LogP contribution in [0.25, 0.3) is 0 Å². The highest BCUT2D eigenvalue weighted by Gasteiger charge is 2.63. The fourth-order valence-corrected chi connectivity index (χ4v) is 3.10. The first-order chi connectivity index (χ1) is 10.3. The maximum Gasteiger partial charge on any atom is 0.430 e. The predicted octanol–water partition coefficient (Wildman–Crippen LogP) is 1.81. The number of fused-ring (bicyclic) bond motifs is 3. The summed E-state index contributed by atoms with van der Waals surface area (Å²) in [5.74, 6) is 0.577. The van der Waals surface area contributed by atoms with Gasteiger partial charge in [-0.1, -0.05) is 0 Å². The van der Waals surface area contributed by atoms with E-state index in [0.29, 0.717) is 22.6 Å². The molecule has 2 amide bonds. The Morgan fingerprint density at radius 1 is 1.14 bits per heavy atom. The van der Waals surface area contributed by atoms with Crippen LogP contribution >= 0.6 is 0 Å². The van der Waals surface area contributed by atoms with E-state index in [4.69, 9.17) is 14.2 Å². The minimum Gasteiger partial charge on any atom is -0.497 e. The number of hydrazine groups is 1. The number of rotatable bonds is 2. The Morgan fingerprint density at radius 2 is 1.82 bits per heavy atom. The second-order valence-electron chi connectivity index (χ2n) is 5.98. The van der Waals surface area contributed by atoms with Gasteiger partial charge in [0.25, 0.3) is 5.91 Å². The average molecular weight is 306 g/mol. The quantitative estimate of drug-likeness (QED) is 0.901. The summed E-state index contributed by atoms with van der Waals surface area (Å²) >= 11 is 0. The van der Waals surface area contributed by atoms with Crippen LogP contribution in [-0.4, -0.2) is 36.8 Å². The second-order valence-corrected chi connectivity index (χ2v) is 5.98. The van der Waals surface area contributed by atoms with Crippen LogP contribution in [0.5, 0.6) is 11.5 Å². The molecule has 3 rings (SSSR count). The van der Waals surface area contributed by atoms with Gasteiger partial charge in [-0.25, -0.2) is 9.80 Å². The lowest BCUT2D eigenvalue weighted by atomic mass is 9.74. The molecule has 0 radical (unpaired) electrons. The minimum atomic E-state index is -0.898. The summed E-state index contributed by atoms with van der Waals surface area (Å²) in [4.78, 5) is 24.5. The molecule has 1 aromatic rings. The van der Waals surface area contributed by atoms with Gasteiger partial charge in [0.2, 0.25) is 0 Å². The van der Waals surface area contributed by atoms with Gasteiger partial charge >= 0.3 is 6.09 Å². The van der Waals surface area contributed by atoms with Crippen molar-refractivity contribution in [1.82, 2.24) is 10.4 Å². The molecule has 7 heteroatoms. The van der Waals surface area contributed by atoms with Gasteiger partial charge in [-0.15, -0.1) is 0 Å². The van der Waals surface area contributed by atoms with E-state index < -0.39 is 23.1 Å². The van der Waals surface area contributed by atoms with Crippen LogP contribution in [0.2, 0.25) is 0 Å².